The number of rotatable bonds is 6. The van der Waals surface area contributed by atoms with Crippen molar-refractivity contribution in [2.75, 3.05) is 0 Å². The van der Waals surface area contributed by atoms with Crippen LogP contribution < -0.4 is 4.74 Å². The highest BCUT2D eigenvalue weighted by atomic mass is 35.5. The molecule has 0 amide bonds. The van der Waals surface area contributed by atoms with Gasteiger partial charge in [0.15, 0.2) is 0 Å². The molecule has 3 nitrogen and oxygen atoms in total. The van der Waals surface area contributed by atoms with Crippen LogP contribution in [0.3, 0.4) is 0 Å². The highest BCUT2D eigenvalue weighted by molar-refractivity contribution is 6.33. The fourth-order valence-corrected chi connectivity index (χ4v) is 2.83. The van der Waals surface area contributed by atoms with E-state index in [9.17, 15) is 4.79 Å². The Morgan fingerprint density at radius 1 is 0.880 bits per heavy atom. The number of carbonyl (C=O) groups is 1. The summed E-state index contributed by atoms with van der Waals surface area (Å²) in [6.07, 6.45) is -0.0444. The Hall–Kier alpha value is -2.78. The van der Waals surface area contributed by atoms with E-state index in [0.717, 1.165) is 16.7 Å². The second kappa shape index (κ2) is 7.86. The summed E-state index contributed by atoms with van der Waals surface area (Å²) < 4.78 is 5.98. The van der Waals surface area contributed by atoms with Crippen molar-refractivity contribution in [1.82, 2.24) is 0 Å². The maximum Gasteiger partial charge on any atom is 0.307 e. The van der Waals surface area contributed by atoms with Gasteiger partial charge in [-0.3, -0.25) is 4.79 Å². The molecule has 0 unspecified atom stereocenters. The third kappa shape index (κ3) is 4.40. The van der Waals surface area contributed by atoms with Crippen LogP contribution in [0.4, 0.5) is 0 Å². The first-order chi connectivity index (χ1) is 12.1. The minimum atomic E-state index is -0.873. The van der Waals surface area contributed by atoms with Crippen molar-refractivity contribution in [1.29, 1.82) is 0 Å². The molecule has 0 aromatic heterocycles. The van der Waals surface area contributed by atoms with Gasteiger partial charge in [-0.25, -0.2) is 0 Å². The first-order valence-corrected chi connectivity index (χ1v) is 8.27. The SMILES string of the molecule is O=C(O)Cc1ccc(Cl)c(-c2ccccc2OCc2ccccc2)c1. The molecule has 0 atom stereocenters. The van der Waals surface area contributed by atoms with Gasteiger partial charge >= 0.3 is 5.97 Å². The lowest BCUT2D eigenvalue weighted by molar-refractivity contribution is -0.136. The topological polar surface area (TPSA) is 46.5 Å². The first kappa shape index (κ1) is 17.1. The zero-order valence-corrected chi connectivity index (χ0v) is 14.2. The lowest BCUT2D eigenvalue weighted by Gasteiger charge is -2.13. The van der Waals surface area contributed by atoms with Crippen LogP contribution in [0, 0.1) is 0 Å². The molecular formula is C21H17ClO3. The van der Waals surface area contributed by atoms with Crippen LogP contribution in [0.15, 0.2) is 72.8 Å². The van der Waals surface area contributed by atoms with Gasteiger partial charge in [-0.2, -0.15) is 0 Å². The molecule has 3 aromatic rings. The van der Waals surface area contributed by atoms with Crippen LogP contribution in [0.1, 0.15) is 11.1 Å². The van der Waals surface area contributed by atoms with Gasteiger partial charge in [0.05, 0.1) is 6.42 Å². The van der Waals surface area contributed by atoms with Gasteiger partial charge < -0.3 is 9.84 Å². The molecule has 0 saturated heterocycles. The highest BCUT2D eigenvalue weighted by Crippen LogP contribution is 2.35. The van der Waals surface area contributed by atoms with Gasteiger partial charge in [-0.05, 0) is 29.3 Å². The van der Waals surface area contributed by atoms with E-state index in [4.69, 9.17) is 21.4 Å². The van der Waals surface area contributed by atoms with E-state index in [1.54, 1.807) is 18.2 Å². The van der Waals surface area contributed by atoms with E-state index in [1.165, 1.54) is 0 Å². The standard InChI is InChI=1S/C21H17ClO3/c22-19-11-10-16(13-21(23)24)12-18(19)17-8-4-5-9-20(17)25-14-15-6-2-1-3-7-15/h1-12H,13-14H2,(H,23,24). The Labute approximate surface area is 151 Å². The molecule has 0 fully saturated rings. The van der Waals surface area contributed by atoms with Crippen molar-refractivity contribution < 1.29 is 14.6 Å². The zero-order chi connectivity index (χ0) is 17.6. The lowest BCUT2D eigenvalue weighted by Crippen LogP contribution is -2.01. The lowest BCUT2D eigenvalue weighted by atomic mass is 10.0. The van der Waals surface area contributed by atoms with Crippen molar-refractivity contribution in [3.05, 3.63) is 88.9 Å². The average molecular weight is 353 g/mol. The summed E-state index contributed by atoms with van der Waals surface area (Å²) in [4.78, 5) is 11.0. The number of ether oxygens (including phenoxy) is 1. The molecule has 1 N–H and O–H groups in total. The third-order valence-electron chi connectivity index (χ3n) is 3.80. The summed E-state index contributed by atoms with van der Waals surface area (Å²) in [5.41, 5.74) is 3.38. The molecule has 0 heterocycles. The minimum Gasteiger partial charge on any atom is -0.488 e. The van der Waals surface area contributed by atoms with E-state index >= 15 is 0 Å². The Kier molecular flexibility index (Phi) is 5.36. The summed E-state index contributed by atoms with van der Waals surface area (Å²) >= 11 is 6.35. The van der Waals surface area contributed by atoms with Crippen molar-refractivity contribution in [3.8, 4) is 16.9 Å². The molecule has 0 aliphatic carbocycles. The highest BCUT2D eigenvalue weighted by Gasteiger charge is 2.12. The van der Waals surface area contributed by atoms with Crippen LogP contribution in [0.5, 0.6) is 5.75 Å². The Morgan fingerprint density at radius 3 is 2.36 bits per heavy atom. The third-order valence-corrected chi connectivity index (χ3v) is 4.13. The predicted octanol–water partition coefficient (Wildman–Crippen LogP) is 5.21. The van der Waals surface area contributed by atoms with E-state index in [-0.39, 0.29) is 6.42 Å². The molecule has 0 bridgehead atoms. The van der Waals surface area contributed by atoms with Crippen LogP contribution in [-0.2, 0) is 17.8 Å². The molecule has 3 aromatic carbocycles. The summed E-state index contributed by atoms with van der Waals surface area (Å²) in [5, 5.41) is 9.56. The number of hydrogen-bond donors (Lipinski definition) is 1. The van der Waals surface area contributed by atoms with Gasteiger partial charge in [0.2, 0.25) is 0 Å². The first-order valence-electron chi connectivity index (χ1n) is 7.90. The second-order valence-corrected chi connectivity index (χ2v) is 6.06. The van der Waals surface area contributed by atoms with Crippen molar-refractivity contribution in [3.63, 3.8) is 0 Å². The van der Waals surface area contributed by atoms with E-state index in [0.29, 0.717) is 22.9 Å². The molecule has 4 heteroatoms. The van der Waals surface area contributed by atoms with Crippen LogP contribution >= 0.6 is 11.6 Å². The average Bonchev–Trinajstić information content (AvgIpc) is 2.62. The monoisotopic (exact) mass is 352 g/mol. The number of para-hydroxylation sites is 1. The van der Waals surface area contributed by atoms with Gasteiger partial charge in [-0.15, -0.1) is 0 Å². The fourth-order valence-electron chi connectivity index (χ4n) is 2.61. The number of carboxylic acids is 1. The van der Waals surface area contributed by atoms with Crippen molar-refractivity contribution in [2.45, 2.75) is 13.0 Å². The van der Waals surface area contributed by atoms with Gasteiger partial charge in [0.1, 0.15) is 12.4 Å². The molecule has 0 aliphatic heterocycles. The smallest absolute Gasteiger partial charge is 0.307 e. The number of halogens is 1. The van der Waals surface area contributed by atoms with E-state index in [1.807, 2.05) is 54.6 Å². The molecule has 126 valence electrons. The maximum atomic E-state index is 11.0. The van der Waals surface area contributed by atoms with Crippen LogP contribution in [0.25, 0.3) is 11.1 Å². The summed E-state index contributed by atoms with van der Waals surface area (Å²) in [7, 11) is 0. The Bertz CT molecular complexity index is 875. The van der Waals surface area contributed by atoms with E-state index < -0.39 is 5.97 Å². The molecule has 0 spiro atoms. The number of carboxylic acid groups (broad SMARTS) is 1. The quantitative estimate of drug-likeness (QED) is 0.662. The number of benzene rings is 3. The summed E-state index contributed by atoms with van der Waals surface area (Å²) in [6.45, 7) is 0.449. The summed E-state index contributed by atoms with van der Waals surface area (Å²) in [6, 6.07) is 22.8. The molecule has 0 radical (unpaired) electrons. The van der Waals surface area contributed by atoms with Crippen LogP contribution in [-0.4, -0.2) is 11.1 Å². The van der Waals surface area contributed by atoms with Gasteiger partial charge in [-0.1, -0.05) is 66.2 Å². The Morgan fingerprint density at radius 2 is 1.60 bits per heavy atom. The van der Waals surface area contributed by atoms with Crippen LogP contribution in [0.2, 0.25) is 5.02 Å². The summed E-state index contributed by atoms with van der Waals surface area (Å²) in [5.74, 6) is -0.164. The molecule has 0 aliphatic rings. The minimum absolute atomic E-state index is 0.0444. The largest absolute Gasteiger partial charge is 0.488 e. The van der Waals surface area contributed by atoms with Gasteiger partial charge in [0.25, 0.3) is 0 Å². The van der Waals surface area contributed by atoms with Crippen molar-refractivity contribution in [2.24, 2.45) is 0 Å². The Balaban J connectivity index is 1.91. The number of hydrogen-bond acceptors (Lipinski definition) is 2. The normalized spacial score (nSPS) is 10.4. The molecule has 0 saturated carbocycles. The predicted molar refractivity (Wildman–Crippen MR) is 99.0 cm³/mol. The second-order valence-electron chi connectivity index (χ2n) is 5.66. The molecule has 3 rings (SSSR count). The number of aliphatic carboxylic acids is 1. The van der Waals surface area contributed by atoms with Crippen molar-refractivity contribution >= 4 is 17.6 Å². The maximum absolute atomic E-state index is 11.0. The molecule has 25 heavy (non-hydrogen) atoms. The molecular weight excluding hydrogens is 336 g/mol. The fraction of sp³-hybridized carbons (Fsp3) is 0.0952. The zero-order valence-electron chi connectivity index (χ0n) is 13.5. The van der Waals surface area contributed by atoms with Gasteiger partial charge in [0, 0.05) is 16.1 Å². The van der Waals surface area contributed by atoms with E-state index in [2.05, 4.69) is 0 Å².